The second-order valence-electron chi connectivity index (χ2n) is 4.21. The molecular weight excluding hydrogens is 332 g/mol. The van der Waals surface area contributed by atoms with E-state index >= 15 is 0 Å². The number of hydrogen-bond acceptors (Lipinski definition) is 6. The lowest BCUT2D eigenvalue weighted by Crippen LogP contribution is -2.16. The number of nitrogens with zero attached hydrogens (tertiary/aromatic N) is 1. The van der Waals surface area contributed by atoms with Gasteiger partial charge in [0.1, 0.15) is 9.88 Å². The summed E-state index contributed by atoms with van der Waals surface area (Å²) in [5.41, 5.74) is 2.09. The highest BCUT2D eigenvalue weighted by Crippen LogP contribution is 2.28. The van der Waals surface area contributed by atoms with Crippen LogP contribution in [0.15, 0.2) is 10.8 Å². The number of esters is 1. The lowest BCUT2D eigenvalue weighted by atomic mass is 10.2. The number of aromatic nitrogens is 1. The molecule has 0 saturated carbocycles. The van der Waals surface area contributed by atoms with E-state index in [9.17, 15) is 9.59 Å². The smallest absolute Gasteiger partial charge is 0.350 e. The van der Waals surface area contributed by atoms with Crippen molar-refractivity contribution in [3.63, 3.8) is 0 Å². The van der Waals surface area contributed by atoms with Crippen LogP contribution in [-0.4, -0.2) is 24.0 Å². The minimum Gasteiger partial charge on any atom is -0.465 e. The number of ether oxygens (including phenoxy) is 1. The van der Waals surface area contributed by atoms with Gasteiger partial charge in [-0.25, -0.2) is 9.78 Å². The van der Waals surface area contributed by atoms with Crippen molar-refractivity contribution in [2.75, 3.05) is 12.4 Å². The minimum absolute atomic E-state index is 0.150. The number of thiophene rings is 1. The number of methoxy groups -OCH3 is 1. The summed E-state index contributed by atoms with van der Waals surface area (Å²) in [5.74, 6) is -0.354. The standard InChI is InChI=1S/C13H13ClN2O3S2/c1-7-5-21-12(13(18)19-2)11(7)16-9(17)3-10-15-8(4-14)6-20-10/h5-6H,3-4H2,1-2H3,(H,16,17). The molecule has 2 heterocycles. The molecule has 0 aliphatic rings. The van der Waals surface area contributed by atoms with E-state index in [1.165, 1.54) is 29.8 Å². The van der Waals surface area contributed by atoms with Crippen LogP contribution in [0.4, 0.5) is 5.69 Å². The van der Waals surface area contributed by atoms with Gasteiger partial charge in [0.2, 0.25) is 5.91 Å². The van der Waals surface area contributed by atoms with Gasteiger partial charge in [-0.2, -0.15) is 0 Å². The molecule has 0 unspecified atom stereocenters. The van der Waals surface area contributed by atoms with E-state index in [4.69, 9.17) is 16.3 Å². The average molecular weight is 345 g/mol. The highest BCUT2D eigenvalue weighted by molar-refractivity contribution is 7.12. The third-order valence-electron chi connectivity index (χ3n) is 2.66. The Labute approximate surface area is 134 Å². The summed E-state index contributed by atoms with van der Waals surface area (Å²) < 4.78 is 4.70. The van der Waals surface area contributed by atoms with Crippen molar-refractivity contribution < 1.29 is 14.3 Å². The van der Waals surface area contributed by atoms with E-state index in [2.05, 4.69) is 10.3 Å². The Hall–Kier alpha value is -1.44. The lowest BCUT2D eigenvalue weighted by Gasteiger charge is -2.06. The Morgan fingerprint density at radius 2 is 2.14 bits per heavy atom. The van der Waals surface area contributed by atoms with Gasteiger partial charge >= 0.3 is 5.97 Å². The van der Waals surface area contributed by atoms with Crippen molar-refractivity contribution >= 4 is 51.8 Å². The molecule has 1 amide bonds. The predicted molar refractivity (Wildman–Crippen MR) is 84.4 cm³/mol. The third kappa shape index (κ3) is 3.81. The molecule has 0 saturated heterocycles. The molecule has 0 spiro atoms. The van der Waals surface area contributed by atoms with Crippen molar-refractivity contribution in [2.24, 2.45) is 0 Å². The summed E-state index contributed by atoms with van der Waals surface area (Å²) in [4.78, 5) is 28.3. The van der Waals surface area contributed by atoms with E-state index in [0.29, 0.717) is 21.5 Å². The zero-order chi connectivity index (χ0) is 15.4. The summed E-state index contributed by atoms with van der Waals surface area (Å²) in [7, 11) is 1.31. The number of thiazole rings is 1. The first-order valence-electron chi connectivity index (χ1n) is 6.00. The monoisotopic (exact) mass is 344 g/mol. The second kappa shape index (κ2) is 7.02. The number of carbonyl (C=O) groups is 2. The molecule has 2 aromatic rings. The number of halogens is 1. The van der Waals surface area contributed by atoms with E-state index in [-0.39, 0.29) is 12.3 Å². The zero-order valence-electron chi connectivity index (χ0n) is 11.4. The maximum absolute atomic E-state index is 12.1. The van der Waals surface area contributed by atoms with Crippen LogP contribution in [0.25, 0.3) is 0 Å². The van der Waals surface area contributed by atoms with Gasteiger partial charge in [0.05, 0.1) is 30.8 Å². The Morgan fingerprint density at radius 3 is 2.76 bits per heavy atom. The van der Waals surface area contributed by atoms with Crippen LogP contribution < -0.4 is 5.32 Å². The Morgan fingerprint density at radius 1 is 1.38 bits per heavy atom. The van der Waals surface area contributed by atoms with Crippen molar-refractivity contribution in [3.8, 4) is 0 Å². The molecule has 0 radical (unpaired) electrons. The van der Waals surface area contributed by atoms with E-state index in [1.807, 2.05) is 12.3 Å². The van der Waals surface area contributed by atoms with Crippen LogP contribution in [0.1, 0.15) is 25.9 Å². The quantitative estimate of drug-likeness (QED) is 0.668. The molecule has 2 rings (SSSR count). The van der Waals surface area contributed by atoms with Crippen molar-refractivity contribution in [3.05, 3.63) is 31.9 Å². The average Bonchev–Trinajstić information content (AvgIpc) is 3.06. The van der Waals surface area contributed by atoms with E-state index in [1.54, 1.807) is 5.38 Å². The first-order chi connectivity index (χ1) is 10.0. The molecule has 2 aromatic heterocycles. The fraction of sp³-hybridized carbons (Fsp3) is 0.308. The molecule has 0 atom stereocenters. The summed E-state index contributed by atoms with van der Waals surface area (Å²) in [5, 5.41) is 7.07. The summed E-state index contributed by atoms with van der Waals surface area (Å²) in [6, 6.07) is 0. The number of hydrogen-bond donors (Lipinski definition) is 1. The van der Waals surface area contributed by atoms with Gasteiger partial charge < -0.3 is 10.1 Å². The summed E-state index contributed by atoms with van der Waals surface area (Å²) >= 11 is 8.31. The van der Waals surface area contributed by atoms with Gasteiger partial charge in [-0.05, 0) is 17.9 Å². The lowest BCUT2D eigenvalue weighted by molar-refractivity contribution is -0.115. The number of alkyl halides is 1. The number of rotatable bonds is 5. The summed E-state index contributed by atoms with van der Waals surface area (Å²) in [6.45, 7) is 1.83. The normalized spacial score (nSPS) is 10.4. The fourth-order valence-electron chi connectivity index (χ4n) is 1.65. The predicted octanol–water partition coefficient (Wildman–Crippen LogP) is 3.22. The van der Waals surface area contributed by atoms with Crippen molar-refractivity contribution in [1.82, 2.24) is 4.98 Å². The molecule has 0 aliphatic carbocycles. The fourth-order valence-corrected chi connectivity index (χ4v) is 3.60. The Balaban J connectivity index is 2.09. The van der Waals surface area contributed by atoms with Crippen LogP contribution >= 0.6 is 34.3 Å². The van der Waals surface area contributed by atoms with Crippen LogP contribution in [0, 0.1) is 6.92 Å². The molecule has 0 bridgehead atoms. The van der Waals surface area contributed by atoms with Gasteiger partial charge in [0, 0.05) is 5.38 Å². The van der Waals surface area contributed by atoms with Gasteiger partial charge in [-0.1, -0.05) is 0 Å². The number of carbonyl (C=O) groups excluding carboxylic acids is 2. The van der Waals surface area contributed by atoms with Crippen molar-refractivity contribution in [1.29, 1.82) is 0 Å². The molecule has 112 valence electrons. The Bertz CT molecular complexity index is 666. The minimum atomic E-state index is -0.456. The van der Waals surface area contributed by atoms with Crippen LogP contribution in [0.2, 0.25) is 0 Å². The third-order valence-corrected chi connectivity index (χ3v) is 4.91. The van der Waals surface area contributed by atoms with Crippen LogP contribution in [0.5, 0.6) is 0 Å². The molecule has 0 fully saturated rings. The second-order valence-corrected chi connectivity index (χ2v) is 6.30. The highest BCUT2D eigenvalue weighted by atomic mass is 35.5. The molecule has 0 aromatic carbocycles. The van der Waals surface area contributed by atoms with Gasteiger partial charge in [0.25, 0.3) is 0 Å². The number of anilines is 1. The molecule has 1 N–H and O–H groups in total. The first kappa shape index (κ1) is 15.9. The maximum atomic E-state index is 12.1. The topological polar surface area (TPSA) is 68.3 Å². The first-order valence-corrected chi connectivity index (χ1v) is 8.30. The number of aryl methyl sites for hydroxylation is 1. The molecule has 21 heavy (non-hydrogen) atoms. The number of amides is 1. The van der Waals surface area contributed by atoms with Crippen LogP contribution in [0.3, 0.4) is 0 Å². The maximum Gasteiger partial charge on any atom is 0.350 e. The van der Waals surface area contributed by atoms with E-state index < -0.39 is 5.97 Å². The molecule has 0 aliphatic heterocycles. The summed E-state index contributed by atoms with van der Waals surface area (Å²) in [6.07, 6.45) is 0.150. The Kier molecular flexibility index (Phi) is 5.33. The van der Waals surface area contributed by atoms with Gasteiger partial charge in [-0.3, -0.25) is 4.79 Å². The molecule has 8 heteroatoms. The molecule has 5 nitrogen and oxygen atoms in total. The van der Waals surface area contributed by atoms with Crippen LogP contribution in [-0.2, 0) is 21.8 Å². The largest absolute Gasteiger partial charge is 0.465 e. The van der Waals surface area contributed by atoms with Gasteiger partial charge in [-0.15, -0.1) is 34.3 Å². The zero-order valence-corrected chi connectivity index (χ0v) is 13.8. The van der Waals surface area contributed by atoms with E-state index in [0.717, 1.165) is 11.3 Å². The van der Waals surface area contributed by atoms with Crippen molar-refractivity contribution in [2.45, 2.75) is 19.2 Å². The highest BCUT2D eigenvalue weighted by Gasteiger charge is 2.19. The SMILES string of the molecule is COC(=O)c1scc(C)c1NC(=O)Cc1nc(CCl)cs1. The molecular formula is C13H13ClN2O3S2. The van der Waals surface area contributed by atoms with Gasteiger partial charge in [0.15, 0.2) is 0 Å². The number of nitrogens with one attached hydrogen (secondary N) is 1.